The first-order valence-corrected chi connectivity index (χ1v) is 22.3. The molecule has 21 atom stereocenters. The number of aliphatic hydroxyl groups excluding tert-OH is 8. The van der Waals surface area contributed by atoms with Crippen molar-refractivity contribution in [2.45, 2.75) is 186 Å². The summed E-state index contributed by atoms with van der Waals surface area (Å²) in [6.07, 6.45) is -7.64. The molecule has 7 rings (SSSR count). The van der Waals surface area contributed by atoms with Crippen LogP contribution in [-0.2, 0) is 33.2 Å². The molecule has 15 heteroatoms. The molecule has 0 aromatic carbocycles. The smallest absolute Gasteiger partial charge is 0.303 e. The summed E-state index contributed by atoms with van der Waals surface area (Å²) in [7, 11) is 1.77. The molecule has 15 nitrogen and oxygen atoms in total. The lowest BCUT2D eigenvalue weighted by Crippen LogP contribution is -2.70. The van der Waals surface area contributed by atoms with Crippen LogP contribution in [0.5, 0.6) is 0 Å². The van der Waals surface area contributed by atoms with E-state index in [1.165, 1.54) is 5.57 Å². The van der Waals surface area contributed by atoms with Gasteiger partial charge in [0, 0.05) is 30.8 Å². The third-order valence-corrected chi connectivity index (χ3v) is 18.0. The van der Waals surface area contributed by atoms with E-state index < -0.39 is 97.0 Å². The number of carbonyl (C=O) groups excluding carboxylic acids is 1. The number of aliphatic hydroxyl groups is 8. The van der Waals surface area contributed by atoms with E-state index in [1.807, 2.05) is 6.92 Å². The Hall–Kier alpha value is -1.31. The van der Waals surface area contributed by atoms with E-state index >= 15 is 0 Å². The Morgan fingerprint density at radius 3 is 2.08 bits per heavy atom. The molecule has 344 valence electrons. The van der Waals surface area contributed by atoms with E-state index in [4.69, 9.17) is 28.4 Å². The number of rotatable bonds is 9. The lowest BCUT2D eigenvalue weighted by molar-refractivity contribution is -0.368. The molecule has 6 fully saturated rings. The van der Waals surface area contributed by atoms with Crippen molar-refractivity contribution in [2.75, 3.05) is 26.9 Å². The van der Waals surface area contributed by atoms with E-state index in [-0.39, 0.29) is 58.7 Å². The fourth-order valence-corrected chi connectivity index (χ4v) is 14.3. The van der Waals surface area contributed by atoms with Crippen LogP contribution in [0.15, 0.2) is 11.6 Å². The van der Waals surface area contributed by atoms with Crippen LogP contribution in [0.1, 0.15) is 107 Å². The number of esters is 1. The second-order valence-corrected chi connectivity index (χ2v) is 21.6. The molecule has 2 aliphatic heterocycles. The highest BCUT2D eigenvalue weighted by atomic mass is 16.7. The van der Waals surface area contributed by atoms with Gasteiger partial charge in [0.15, 0.2) is 18.7 Å². The fraction of sp³-hybridized carbons (Fsp3) is 0.933. The Bertz CT molecular complexity index is 1610. The van der Waals surface area contributed by atoms with Gasteiger partial charge in [0.1, 0.15) is 36.6 Å². The zero-order valence-corrected chi connectivity index (χ0v) is 37.0. The van der Waals surface area contributed by atoms with E-state index in [2.05, 4.69) is 40.7 Å². The van der Waals surface area contributed by atoms with E-state index in [1.54, 1.807) is 14.0 Å². The Morgan fingerprint density at radius 2 is 1.47 bits per heavy atom. The van der Waals surface area contributed by atoms with Crippen molar-refractivity contribution in [3.63, 3.8) is 0 Å². The van der Waals surface area contributed by atoms with Gasteiger partial charge >= 0.3 is 5.97 Å². The average Bonchev–Trinajstić information content (AvgIpc) is 3.18. The minimum Gasteiger partial charge on any atom is -0.457 e. The van der Waals surface area contributed by atoms with Crippen LogP contribution in [0.2, 0.25) is 0 Å². The van der Waals surface area contributed by atoms with Crippen molar-refractivity contribution < 1.29 is 74.1 Å². The van der Waals surface area contributed by atoms with Crippen LogP contribution in [0.25, 0.3) is 0 Å². The van der Waals surface area contributed by atoms with Crippen LogP contribution in [0, 0.1) is 50.2 Å². The summed E-state index contributed by atoms with van der Waals surface area (Å²) in [5, 5.41) is 89.1. The second kappa shape index (κ2) is 16.3. The molecular weight excluding hydrogens is 780 g/mol. The zero-order valence-electron chi connectivity index (χ0n) is 37.0. The van der Waals surface area contributed by atoms with Gasteiger partial charge in [-0.05, 0) is 91.8 Å². The minimum absolute atomic E-state index is 0.0169. The summed E-state index contributed by atoms with van der Waals surface area (Å²) in [5.74, 6) is -0.801. The number of carbonyl (C=O) groups is 1. The molecule has 8 N–H and O–H groups in total. The maximum absolute atomic E-state index is 12.1. The summed E-state index contributed by atoms with van der Waals surface area (Å²) in [6, 6.07) is 0. The van der Waals surface area contributed by atoms with Gasteiger partial charge in [0.2, 0.25) is 0 Å². The molecule has 60 heavy (non-hydrogen) atoms. The number of hydrogen-bond acceptors (Lipinski definition) is 15. The highest BCUT2D eigenvalue weighted by molar-refractivity contribution is 5.66. The lowest BCUT2D eigenvalue weighted by Gasteiger charge is -2.73. The molecule has 4 saturated carbocycles. The molecule has 0 aromatic heterocycles. The molecule has 0 aromatic rings. The third kappa shape index (κ3) is 6.98. The topological polar surface area (TPSA) is 234 Å². The standard InChI is InChI=1S/C45H74O15/c1-22-31(51)35(60-39-34(54)36(57-23(2)49)32(52)27(19-46)58-39)33(53)38(56-22)59-30-11-12-41(5)28(42(30,6)20-47)10-13-43(7)37(41)26(55-9)16-24-25-17-40(3,4)14-15-45(25,21-48)29(50)18-44(24,43)8/h16,22,25-39,46-48,50-54H,10-15,17-21H2,1-9H3/t22-,25-,26-,27-,28-,29+,30+,31+,32-,33-,34-,35+,36+,37-,38+,39+,41+,42+,43-,44-,45-/m1/s1. The van der Waals surface area contributed by atoms with Gasteiger partial charge in [0.25, 0.3) is 0 Å². The quantitative estimate of drug-likeness (QED) is 0.0941. The van der Waals surface area contributed by atoms with Gasteiger partial charge in [-0.25, -0.2) is 0 Å². The predicted molar refractivity (Wildman–Crippen MR) is 215 cm³/mol. The predicted octanol–water partition coefficient (Wildman–Crippen LogP) is 1.96. The van der Waals surface area contributed by atoms with Crippen LogP contribution in [-0.4, -0.2) is 153 Å². The largest absolute Gasteiger partial charge is 0.457 e. The maximum atomic E-state index is 12.1. The first-order chi connectivity index (χ1) is 28.0. The van der Waals surface area contributed by atoms with E-state index in [0.29, 0.717) is 19.3 Å². The van der Waals surface area contributed by atoms with Gasteiger partial charge in [-0.2, -0.15) is 0 Å². The molecule has 7 aliphatic rings. The molecular formula is C45H74O15. The Kier molecular flexibility index (Phi) is 12.7. The van der Waals surface area contributed by atoms with Crippen molar-refractivity contribution in [1.29, 1.82) is 0 Å². The maximum Gasteiger partial charge on any atom is 0.303 e. The number of methoxy groups -OCH3 is 1. The zero-order chi connectivity index (χ0) is 44.1. The molecule has 5 aliphatic carbocycles. The van der Waals surface area contributed by atoms with Gasteiger partial charge in [0.05, 0.1) is 44.2 Å². The first kappa shape index (κ1) is 46.7. The van der Waals surface area contributed by atoms with Crippen LogP contribution in [0.4, 0.5) is 0 Å². The third-order valence-electron chi connectivity index (χ3n) is 18.0. The monoisotopic (exact) mass is 855 g/mol. The van der Waals surface area contributed by atoms with Crippen molar-refractivity contribution in [2.24, 2.45) is 50.2 Å². The number of allylic oxidation sites excluding steroid dienone is 1. The van der Waals surface area contributed by atoms with Crippen molar-refractivity contribution in [3.05, 3.63) is 11.6 Å². The van der Waals surface area contributed by atoms with Gasteiger partial charge in [-0.3, -0.25) is 4.79 Å². The highest BCUT2D eigenvalue weighted by Crippen LogP contribution is 2.76. The van der Waals surface area contributed by atoms with Crippen molar-refractivity contribution in [3.8, 4) is 0 Å². The average molecular weight is 855 g/mol. The normalized spacial score (nSPS) is 53.8. The van der Waals surface area contributed by atoms with Crippen LogP contribution in [0.3, 0.4) is 0 Å². The number of fused-ring (bicyclic) bond motifs is 7. The van der Waals surface area contributed by atoms with Gasteiger partial charge < -0.3 is 69.3 Å². The molecule has 0 spiro atoms. The molecule has 0 amide bonds. The van der Waals surface area contributed by atoms with Gasteiger partial charge in [-0.1, -0.05) is 53.2 Å². The fourth-order valence-electron chi connectivity index (χ4n) is 14.3. The summed E-state index contributed by atoms with van der Waals surface area (Å²) in [5.41, 5.74) is -1.02. The van der Waals surface area contributed by atoms with Crippen molar-refractivity contribution in [1.82, 2.24) is 0 Å². The highest BCUT2D eigenvalue weighted by Gasteiger charge is 2.72. The van der Waals surface area contributed by atoms with Crippen molar-refractivity contribution >= 4 is 5.97 Å². The van der Waals surface area contributed by atoms with Crippen LogP contribution < -0.4 is 0 Å². The molecule has 2 saturated heterocycles. The lowest BCUT2D eigenvalue weighted by atomic mass is 9.32. The summed E-state index contributed by atoms with van der Waals surface area (Å²) in [6.45, 7) is 15.4. The van der Waals surface area contributed by atoms with E-state index in [9.17, 15) is 45.6 Å². The summed E-state index contributed by atoms with van der Waals surface area (Å²) in [4.78, 5) is 11.8. The molecule has 0 bridgehead atoms. The molecule has 0 radical (unpaired) electrons. The van der Waals surface area contributed by atoms with Gasteiger partial charge in [-0.15, -0.1) is 0 Å². The number of ether oxygens (including phenoxy) is 6. The second-order valence-electron chi connectivity index (χ2n) is 21.6. The summed E-state index contributed by atoms with van der Waals surface area (Å²) >= 11 is 0. The Balaban J connectivity index is 1.16. The Morgan fingerprint density at radius 1 is 0.800 bits per heavy atom. The molecule has 2 heterocycles. The number of hydrogen-bond donors (Lipinski definition) is 8. The van der Waals surface area contributed by atoms with Crippen LogP contribution >= 0.6 is 0 Å². The first-order valence-electron chi connectivity index (χ1n) is 22.3. The summed E-state index contributed by atoms with van der Waals surface area (Å²) < 4.78 is 36.1. The molecule has 0 unspecified atom stereocenters. The Labute approximate surface area is 354 Å². The van der Waals surface area contributed by atoms with E-state index in [0.717, 1.165) is 39.0 Å². The SMILES string of the molecule is CO[C@@H]1C=C2[C@H]3CC(C)(C)CC[C@]3(CO)[C@@H](O)C[C@@]2(C)[C@]2(C)CC[C@H]3[C@](C)(CO)[C@@H](O[C@@H]4O[C@H](C)[C@H](O)[C@H](O[C@@H]5O[C@H](CO)[C@@H](O)[C@H](OC(C)=O)[C@H]5O)[C@H]4O)CC[C@]3(C)[C@@H]12. The minimum atomic E-state index is -1.73.